The van der Waals surface area contributed by atoms with Crippen molar-refractivity contribution >= 4 is 34.9 Å². The molecule has 6 nitrogen and oxygen atoms in total. The summed E-state index contributed by atoms with van der Waals surface area (Å²) in [5.74, 6) is -0.0324. The molecule has 3 heterocycles. The maximum Gasteiger partial charge on any atom is 0.238 e. The third-order valence-corrected chi connectivity index (χ3v) is 10.2. The molecule has 3 saturated heterocycles. The first-order valence-electron chi connectivity index (χ1n) is 15.0. The maximum atomic E-state index is 14.0. The lowest BCUT2D eigenvalue weighted by molar-refractivity contribution is -0.135. The molecule has 40 heavy (non-hydrogen) atoms. The standard InChI is InChI=1S/C32H42Cl2N4O2/c33-26-13-12-25(22-27(26)34)28(37-20-14-32(15-21-37,31(35)40)38-18-8-3-9-19-38)23-29(36-16-6-2-7-17-36)30(39)24-10-4-1-5-11-24/h1,4-5,10-13,22,28-29H,2-3,6-9,14-21,23H2,(H2,35,40). The summed E-state index contributed by atoms with van der Waals surface area (Å²) >= 11 is 12.9. The number of hydrogen-bond acceptors (Lipinski definition) is 5. The van der Waals surface area contributed by atoms with Gasteiger partial charge in [-0.3, -0.25) is 24.3 Å². The molecule has 3 aliphatic heterocycles. The Bertz CT molecular complexity index is 1160. The number of amides is 1. The van der Waals surface area contributed by atoms with Gasteiger partial charge < -0.3 is 5.73 Å². The van der Waals surface area contributed by atoms with Crippen LogP contribution in [-0.4, -0.2) is 77.2 Å². The van der Waals surface area contributed by atoms with Crippen LogP contribution < -0.4 is 5.73 Å². The van der Waals surface area contributed by atoms with Gasteiger partial charge in [0, 0.05) is 24.7 Å². The van der Waals surface area contributed by atoms with Gasteiger partial charge in [0.2, 0.25) is 5.91 Å². The predicted molar refractivity (Wildman–Crippen MR) is 162 cm³/mol. The fourth-order valence-corrected chi connectivity index (χ4v) is 7.43. The lowest BCUT2D eigenvalue weighted by Crippen LogP contribution is -2.63. The monoisotopic (exact) mass is 584 g/mol. The van der Waals surface area contributed by atoms with Crippen molar-refractivity contribution in [2.75, 3.05) is 39.3 Å². The van der Waals surface area contributed by atoms with Gasteiger partial charge in [-0.2, -0.15) is 0 Å². The number of rotatable bonds is 9. The van der Waals surface area contributed by atoms with Crippen LogP contribution in [0.5, 0.6) is 0 Å². The minimum Gasteiger partial charge on any atom is -0.368 e. The van der Waals surface area contributed by atoms with E-state index in [4.69, 9.17) is 28.9 Å². The molecular weight excluding hydrogens is 543 g/mol. The van der Waals surface area contributed by atoms with E-state index in [-0.39, 0.29) is 23.8 Å². The highest BCUT2D eigenvalue weighted by molar-refractivity contribution is 6.42. The van der Waals surface area contributed by atoms with Gasteiger partial charge in [0.15, 0.2) is 5.78 Å². The van der Waals surface area contributed by atoms with E-state index >= 15 is 0 Å². The molecule has 0 radical (unpaired) electrons. The molecule has 0 aromatic heterocycles. The normalized spacial score (nSPS) is 22.4. The predicted octanol–water partition coefficient (Wildman–Crippen LogP) is 5.97. The van der Waals surface area contributed by atoms with Crippen LogP contribution in [0.3, 0.4) is 0 Å². The Balaban J connectivity index is 1.45. The molecule has 0 saturated carbocycles. The van der Waals surface area contributed by atoms with Crippen molar-refractivity contribution in [1.82, 2.24) is 14.7 Å². The number of nitrogens with two attached hydrogens (primary N) is 1. The van der Waals surface area contributed by atoms with E-state index in [2.05, 4.69) is 14.7 Å². The van der Waals surface area contributed by atoms with Crippen LogP contribution in [0, 0.1) is 0 Å². The van der Waals surface area contributed by atoms with Crippen molar-refractivity contribution in [3.8, 4) is 0 Å². The first-order chi connectivity index (χ1) is 19.4. The minimum absolute atomic E-state index is 0.0402. The summed E-state index contributed by atoms with van der Waals surface area (Å²) < 4.78 is 0. The Morgan fingerprint density at radius 3 is 2.00 bits per heavy atom. The second kappa shape index (κ2) is 13.3. The highest BCUT2D eigenvalue weighted by Gasteiger charge is 2.46. The fourth-order valence-electron chi connectivity index (χ4n) is 7.12. The summed E-state index contributed by atoms with van der Waals surface area (Å²) in [4.78, 5) is 34.1. The van der Waals surface area contributed by atoms with Gasteiger partial charge in [-0.25, -0.2) is 0 Å². The van der Waals surface area contributed by atoms with E-state index in [1.54, 1.807) is 0 Å². The van der Waals surface area contributed by atoms with E-state index in [9.17, 15) is 9.59 Å². The SMILES string of the molecule is NC(=O)C1(N2CCCCC2)CCN(C(CC(C(=O)c2ccccc2)N2CCCCC2)c2ccc(Cl)c(Cl)c2)CC1. The summed E-state index contributed by atoms with van der Waals surface area (Å²) in [7, 11) is 0. The number of hydrogen-bond donors (Lipinski definition) is 1. The molecule has 3 aliphatic rings. The average Bonchev–Trinajstić information content (AvgIpc) is 3.00. The summed E-state index contributed by atoms with van der Waals surface area (Å²) in [6.07, 6.45) is 8.91. The molecule has 216 valence electrons. The summed E-state index contributed by atoms with van der Waals surface area (Å²) in [5, 5.41) is 1.04. The molecule has 1 amide bonds. The van der Waals surface area contributed by atoms with Crippen LogP contribution in [0.1, 0.15) is 79.8 Å². The zero-order chi connectivity index (χ0) is 28.1. The molecule has 2 N–H and O–H groups in total. The molecule has 3 fully saturated rings. The van der Waals surface area contributed by atoms with Crippen molar-refractivity contribution in [1.29, 1.82) is 0 Å². The highest BCUT2D eigenvalue weighted by atomic mass is 35.5. The molecular formula is C32H42Cl2N4O2. The Morgan fingerprint density at radius 2 is 1.40 bits per heavy atom. The average molecular weight is 586 g/mol. The van der Waals surface area contributed by atoms with E-state index in [1.165, 1.54) is 12.8 Å². The topological polar surface area (TPSA) is 69.9 Å². The third-order valence-electron chi connectivity index (χ3n) is 9.45. The number of carbonyl (C=O) groups is 2. The molecule has 2 unspecified atom stereocenters. The van der Waals surface area contributed by atoms with Gasteiger partial charge in [0.05, 0.1) is 16.1 Å². The molecule has 2 aromatic rings. The van der Waals surface area contributed by atoms with Gasteiger partial charge in [-0.1, -0.05) is 72.4 Å². The number of benzene rings is 2. The van der Waals surface area contributed by atoms with Crippen LogP contribution in [-0.2, 0) is 4.79 Å². The molecule has 0 bridgehead atoms. The second-order valence-electron chi connectivity index (χ2n) is 11.7. The van der Waals surface area contributed by atoms with Crippen LogP contribution in [0.25, 0.3) is 0 Å². The van der Waals surface area contributed by atoms with E-state index in [0.717, 1.165) is 76.1 Å². The molecule has 8 heteroatoms. The van der Waals surface area contributed by atoms with Gasteiger partial charge in [-0.15, -0.1) is 0 Å². The molecule has 0 aliphatic carbocycles. The van der Waals surface area contributed by atoms with Gasteiger partial charge in [0.25, 0.3) is 0 Å². The van der Waals surface area contributed by atoms with Crippen molar-refractivity contribution in [2.45, 2.75) is 75.4 Å². The van der Waals surface area contributed by atoms with Crippen molar-refractivity contribution in [3.05, 3.63) is 69.7 Å². The molecule has 0 spiro atoms. The number of piperidine rings is 3. The summed E-state index contributed by atoms with van der Waals surface area (Å²) in [5.41, 5.74) is 7.32. The van der Waals surface area contributed by atoms with Crippen molar-refractivity contribution in [2.24, 2.45) is 5.73 Å². The van der Waals surface area contributed by atoms with Gasteiger partial charge >= 0.3 is 0 Å². The number of primary amides is 1. The quantitative estimate of drug-likeness (QED) is 0.368. The highest BCUT2D eigenvalue weighted by Crippen LogP contribution is 2.39. The van der Waals surface area contributed by atoms with E-state index in [0.29, 0.717) is 29.3 Å². The molecule has 2 aromatic carbocycles. The minimum atomic E-state index is -0.592. The maximum absolute atomic E-state index is 14.0. The van der Waals surface area contributed by atoms with Gasteiger partial charge in [0.1, 0.15) is 5.54 Å². The van der Waals surface area contributed by atoms with Gasteiger partial charge in [-0.05, 0) is 88.8 Å². The smallest absolute Gasteiger partial charge is 0.238 e. The number of nitrogens with zero attached hydrogens (tertiary/aromatic N) is 3. The first kappa shape index (κ1) is 29.5. The Morgan fingerprint density at radius 1 is 0.775 bits per heavy atom. The zero-order valence-electron chi connectivity index (χ0n) is 23.4. The lowest BCUT2D eigenvalue weighted by atomic mass is 9.81. The van der Waals surface area contributed by atoms with E-state index in [1.807, 2.05) is 48.5 Å². The zero-order valence-corrected chi connectivity index (χ0v) is 24.9. The first-order valence-corrected chi connectivity index (χ1v) is 15.7. The second-order valence-corrected chi connectivity index (χ2v) is 12.6. The number of likely N-dealkylation sites (tertiary alicyclic amines) is 3. The largest absolute Gasteiger partial charge is 0.368 e. The van der Waals surface area contributed by atoms with Crippen LogP contribution in [0.4, 0.5) is 0 Å². The lowest BCUT2D eigenvalue weighted by Gasteiger charge is -2.50. The summed E-state index contributed by atoms with van der Waals surface area (Å²) in [6, 6.07) is 15.2. The third kappa shape index (κ3) is 6.42. The van der Waals surface area contributed by atoms with Crippen LogP contribution in [0.2, 0.25) is 10.0 Å². The van der Waals surface area contributed by atoms with Crippen molar-refractivity contribution in [3.63, 3.8) is 0 Å². The number of ketones is 1. The fraction of sp³-hybridized carbons (Fsp3) is 0.562. The Labute approximate surface area is 248 Å². The number of carbonyl (C=O) groups excluding carboxylic acids is 2. The number of Topliss-reactive ketones (excluding diaryl/α,β-unsaturated/α-hetero) is 1. The Hall–Kier alpha value is -1.96. The van der Waals surface area contributed by atoms with Crippen LogP contribution in [0.15, 0.2) is 48.5 Å². The Kier molecular flexibility index (Phi) is 9.85. The van der Waals surface area contributed by atoms with Crippen LogP contribution >= 0.6 is 23.2 Å². The molecule has 2 atom stereocenters. The van der Waals surface area contributed by atoms with Crippen molar-refractivity contribution < 1.29 is 9.59 Å². The van der Waals surface area contributed by atoms with E-state index < -0.39 is 5.54 Å². The molecule has 5 rings (SSSR count). The summed E-state index contributed by atoms with van der Waals surface area (Å²) in [6.45, 7) is 5.19. The number of halogens is 2.